The van der Waals surface area contributed by atoms with E-state index in [1.165, 1.54) is 31.0 Å². The molecule has 8 heteroatoms. The molecule has 0 N–H and O–H groups in total. The van der Waals surface area contributed by atoms with Gasteiger partial charge < -0.3 is 4.90 Å². The third kappa shape index (κ3) is 5.52. The summed E-state index contributed by atoms with van der Waals surface area (Å²) in [5, 5.41) is 9.65. The summed E-state index contributed by atoms with van der Waals surface area (Å²) in [6, 6.07) is 2.07. The number of nitrogens with zero attached hydrogens (tertiary/aromatic N) is 4. The summed E-state index contributed by atoms with van der Waals surface area (Å²) in [6.07, 6.45) is 9.66. The Kier molecular flexibility index (Phi) is 8.77. The molecular formula is C25H34N4O2S2. The van der Waals surface area contributed by atoms with Crippen LogP contribution in [0.15, 0.2) is 9.70 Å². The molecule has 3 rings (SSSR count). The molecule has 178 valence electrons. The number of aromatic nitrogens is 1. The molecule has 1 aromatic heterocycles. The highest BCUT2D eigenvalue weighted by Gasteiger charge is 2.33. The molecule has 0 spiro atoms. The Balaban J connectivity index is 1.97. The van der Waals surface area contributed by atoms with Crippen LogP contribution in [0.5, 0.6) is 0 Å². The van der Waals surface area contributed by atoms with Crippen molar-refractivity contribution >= 4 is 46.1 Å². The number of rotatable bonds is 8. The van der Waals surface area contributed by atoms with Gasteiger partial charge in [-0.1, -0.05) is 63.5 Å². The van der Waals surface area contributed by atoms with Crippen LogP contribution in [0, 0.1) is 24.2 Å². The summed E-state index contributed by atoms with van der Waals surface area (Å²) in [7, 11) is 1.72. The second-order valence-electron chi connectivity index (χ2n) is 9.15. The van der Waals surface area contributed by atoms with Crippen LogP contribution in [0.25, 0.3) is 6.08 Å². The fourth-order valence-corrected chi connectivity index (χ4v) is 5.96. The SMILES string of the molecule is CCCCCCCN1C(=O)/C(=C\c2c(C)c(C#N)c(=O)n(C)c2N2CCCC(C)C2)SC1=S. The standard InChI is InChI=1S/C25H34N4O2S2/c1-5-6-7-8-9-13-29-24(31)21(33-25(29)32)14-19-18(3)20(15-26)23(30)27(4)22(19)28-12-10-11-17(2)16-28/h14,17H,5-13,16H2,1-4H3/b21-14+. The molecule has 1 aromatic rings. The minimum atomic E-state index is -0.292. The molecule has 0 radical (unpaired) electrons. The van der Waals surface area contributed by atoms with Crippen LogP contribution in [0.4, 0.5) is 5.82 Å². The number of thioether (sulfide) groups is 1. The van der Waals surface area contributed by atoms with Crippen molar-refractivity contribution in [2.24, 2.45) is 13.0 Å². The predicted octanol–water partition coefficient (Wildman–Crippen LogP) is 4.97. The summed E-state index contributed by atoms with van der Waals surface area (Å²) in [5.74, 6) is 1.22. The quantitative estimate of drug-likeness (QED) is 0.293. The Morgan fingerprint density at radius 2 is 1.97 bits per heavy atom. The molecule has 0 aliphatic carbocycles. The van der Waals surface area contributed by atoms with E-state index in [0.29, 0.717) is 27.3 Å². The van der Waals surface area contributed by atoms with Crippen LogP contribution in [-0.2, 0) is 11.8 Å². The zero-order valence-corrected chi connectivity index (χ0v) is 21.8. The van der Waals surface area contributed by atoms with Gasteiger partial charge in [-0.2, -0.15) is 5.26 Å². The number of carbonyl (C=O) groups excluding carboxylic acids is 1. The van der Waals surface area contributed by atoms with Crippen molar-refractivity contribution in [3.8, 4) is 6.07 Å². The van der Waals surface area contributed by atoms with Crippen LogP contribution in [0.2, 0.25) is 0 Å². The Bertz CT molecular complexity index is 1050. The van der Waals surface area contributed by atoms with E-state index in [1.807, 2.05) is 6.08 Å². The summed E-state index contributed by atoms with van der Waals surface area (Å²) >= 11 is 6.84. The highest BCUT2D eigenvalue weighted by molar-refractivity contribution is 8.26. The smallest absolute Gasteiger partial charge is 0.270 e. The molecule has 1 unspecified atom stereocenters. The molecule has 0 bridgehead atoms. The Morgan fingerprint density at radius 3 is 2.64 bits per heavy atom. The van der Waals surface area contributed by atoms with Crippen LogP contribution in [0.3, 0.4) is 0 Å². The lowest BCUT2D eigenvalue weighted by molar-refractivity contribution is -0.122. The first-order valence-corrected chi connectivity index (χ1v) is 13.2. The van der Waals surface area contributed by atoms with Crippen molar-refractivity contribution < 1.29 is 4.79 Å². The minimum Gasteiger partial charge on any atom is -0.357 e. The number of pyridine rings is 1. The molecule has 33 heavy (non-hydrogen) atoms. The first kappa shape index (κ1) is 25.5. The Morgan fingerprint density at radius 1 is 1.24 bits per heavy atom. The van der Waals surface area contributed by atoms with Crippen molar-refractivity contribution in [1.29, 1.82) is 5.26 Å². The zero-order valence-electron chi connectivity index (χ0n) is 20.1. The lowest BCUT2D eigenvalue weighted by Gasteiger charge is -2.35. The number of anilines is 1. The van der Waals surface area contributed by atoms with E-state index >= 15 is 0 Å². The molecule has 2 aliphatic rings. The van der Waals surface area contributed by atoms with Gasteiger partial charge in [-0.25, -0.2) is 0 Å². The number of piperidine rings is 1. The van der Waals surface area contributed by atoms with Gasteiger partial charge in [-0.3, -0.25) is 19.1 Å². The predicted molar refractivity (Wildman–Crippen MR) is 140 cm³/mol. The molecule has 2 aliphatic heterocycles. The van der Waals surface area contributed by atoms with Crippen molar-refractivity contribution in [3.63, 3.8) is 0 Å². The number of hydrogen-bond donors (Lipinski definition) is 0. The van der Waals surface area contributed by atoms with Gasteiger partial charge in [0.1, 0.15) is 21.8 Å². The number of hydrogen-bond acceptors (Lipinski definition) is 6. The molecule has 0 aromatic carbocycles. The third-order valence-electron chi connectivity index (χ3n) is 6.56. The zero-order chi connectivity index (χ0) is 24.1. The van der Waals surface area contributed by atoms with E-state index in [2.05, 4.69) is 24.8 Å². The average molecular weight is 487 g/mol. The van der Waals surface area contributed by atoms with E-state index < -0.39 is 0 Å². The number of unbranched alkanes of at least 4 members (excludes halogenated alkanes) is 4. The fraction of sp³-hybridized carbons (Fsp3) is 0.600. The maximum atomic E-state index is 13.2. The topological polar surface area (TPSA) is 69.3 Å². The monoisotopic (exact) mass is 486 g/mol. The maximum Gasteiger partial charge on any atom is 0.270 e. The van der Waals surface area contributed by atoms with Gasteiger partial charge in [0, 0.05) is 32.2 Å². The summed E-state index contributed by atoms with van der Waals surface area (Å²) in [6.45, 7) is 8.53. The average Bonchev–Trinajstić information content (AvgIpc) is 3.05. The molecule has 2 fully saturated rings. The van der Waals surface area contributed by atoms with E-state index in [0.717, 1.165) is 50.2 Å². The summed E-state index contributed by atoms with van der Waals surface area (Å²) < 4.78 is 2.15. The van der Waals surface area contributed by atoms with Crippen molar-refractivity contribution in [2.45, 2.75) is 65.7 Å². The van der Waals surface area contributed by atoms with Crippen LogP contribution in [0.1, 0.15) is 75.5 Å². The van der Waals surface area contributed by atoms with Gasteiger partial charge in [-0.05, 0) is 43.7 Å². The van der Waals surface area contributed by atoms with Crippen LogP contribution >= 0.6 is 24.0 Å². The molecular weight excluding hydrogens is 452 g/mol. The second-order valence-corrected chi connectivity index (χ2v) is 10.8. The normalized spacial score (nSPS) is 20.1. The first-order chi connectivity index (χ1) is 15.8. The van der Waals surface area contributed by atoms with Gasteiger partial charge >= 0.3 is 0 Å². The molecule has 1 atom stereocenters. The van der Waals surface area contributed by atoms with Crippen molar-refractivity contribution in [3.05, 3.63) is 31.9 Å². The summed E-state index contributed by atoms with van der Waals surface area (Å²) in [5.41, 5.74) is 1.23. The highest BCUT2D eigenvalue weighted by Crippen LogP contribution is 2.36. The highest BCUT2D eigenvalue weighted by atomic mass is 32.2. The van der Waals surface area contributed by atoms with Gasteiger partial charge in [0.25, 0.3) is 11.5 Å². The van der Waals surface area contributed by atoms with Gasteiger partial charge in [-0.15, -0.1) is 0 Å². The summed E-state index contributed by atoms with van der Waals surface area (Å²) in [4.78, 5) is 30.6. The van der Waals surface area contributed by atoms with Crippen molar-refractivity contribution in [2.75, 3.05) is 24.5 Å². The molecule has 6 nitrogen and oxygen atoms in total. The number of thiocarbonyl (C=S) groups is 1. The van der Waals surface area contributed by atoms with Crippen LogP contribution in [-0.4, -0.2) is 39.3 Å². The van der Waals surface area contributed by atoms with Gasteiger partial charge in [0.15, 0.2) is 0 Å². The third-order valence-corrected chi connectivity index (χ3v) is 7.94. The second kappa shape index (κ2) is 11.3. The maximum absolute atomic E-state index is 13.2. The molecule has 3 heterocycles. The Hall–Kier alpha value is -2.11. The molecule has 2 saturated heterocycles. The van der Waals surface area contributed by atoms with E-state index in [9.17, 15) is 14.9 Å². The number of amides is 1. The van der Waals surface area contributed by atoms with Gasteiger partial charge in [0.05, 0.1) is 4.91 Å². The minimum absolute atomic E-state index is 0.0785. The van der Waals surface area contributed by atoms with E-state index in [1.54, 1.807) is 23.4 Å². The molecule has 1 amide bonds. The number of carbonyl (C=O) groups is 1. The Labute approximate surface area is 206 Å². The number of nitriles is 1. The largest absolute Gasteiger partial charge is 0.357 e. The van der Waals surface area contributed by atoms with Crippen LogP contribution < -0.4 is 10.5 Å². The fourth-order valence-electron chi connectivity index (χ4n) is 4.67. The van der Waals surface area contributed by atoms with E-state index in [-0.39, 0.29) is 17.0 Å². The lowest BCUT2D eigenvalue weighted by atomic mass is 9.98. The van der Waals surface area contributed by atoms with Crippen molar-refractivity contribution in [1.82, 2.24) is 9.47 Å². The first-order valence-electron chi connectivity index (χ1n) is 11.9. The van der Waals surface area contributed by atoms with Gasteiger partial charge in [0.2, 0.25) is 0 Å². The lowest BCUT2D eigenvalue weighted by Crippen LogP contribution is -2.39. The molecule has 0 saturated carbocycles. The van der Waals surface area contributed by atoms with E-state index in [4.69, 9.17) is 12.2 Å².